The summed E-state index contributed by atoms with van der Waals surface area (Å²) in [4.78, 5) is 28.8. The van der Waals surface area contributed by atoms with Crippen molar-refractivity contribution in [3.63, 3.8) is 0 Å². The van der Waals surface area contributed by atoms with Gasteiger partial charge in [-0.05, 0) is 55.8 Å². The minimum absolute atomic E-state index is 0.666. The van der Waals surface area contributed by atoms with Gasteiger partial charge < -0.3 is 4.98 Å². The molecule has 7 rings (SSSR count). The summed E-state index contributed by atoms with van der Waals surface area (Å²) < 4.78 is 0. The van der Waals surface area contributed by atoms with Crippen LogP contribution in [0.3, 0.4) is 0 Å². The van der Waals surface area contributed by atoms with E-state index in [0.717, 1.165) is 69.8 Å². The molecule has 0 amide bonds. The fourth-order valence-corrected chi connectivity index (χ4v) is 4.92. The Morgan fingerprint density at radius 1 is 0.861 bits per heavy atom. The zero-order chi connectivity index (χ0) is 23.9. The standard InChI is InChI=1S/C27H23N9/c1-2-6-30-21(5-1)20-13-29-14-24-25(20)33-27(32-24)26-19-10-22(31-15-23(19)34-35-26)18-9-17(11-28-12-18)16-36-7-3-4-8-36/h1-2,5-6,9-15H,3-4,7-8,16H2,(H,32,33)(H,34,35). The second-order valence-electron chi connectivity index (χ2n) is 9.14. The molecule has 0 saturated carbocycles. The van der Waals surface area contributed by atoms with Gasteiger partial charge in [-0.25, -0.2) is 4.98 Å². The monoisotopic (exact) mass is 473 g/mol. The Morgan fingerprint density at radius 3 is 2.67 bits per heavy atom. The van der Waals surface area contributed by atoms with E-state index in [4.69, 9.17) is 4.98 Å². The van der Waals surface area contributed by atoms with E-state index in [1.54, 1.807) is 18.6 Å². The Kier molecular flexibility index (Phi) is 4.99. The van der Waals surface area contributed by atoms with Crippen LogP contribution in [0.5, 0.6) is 0 Å². The second kappa shape index (κ2) is 8.62. The van der Waals surface area contributed by atoms with Crippen LogP contribution in [0.1, 0.15) is 18.4 Å². The minimum Gasteiger partial charge on any atom is -0.335 e. The number of imidazole rings is 1. The van der Waals surface area contributed by atoms with Crippen LogP contribution in [-0.2, 0) is 6.54 Å². The summed E-state index contributed by atoms with van der Waals surface area (Å²) in [7, 11) is 0. The van der Waals surface area contributed by atoms with Crippen LogP contribution in [0.2, 0.25) is 0 Å². The summed E-state index contributed by atoms with van der Waals surface area (Å²) in [5.41, 5.74) is 7.97. The zero-order valence-electron chi connectivity index (χ0n) is 19.5. The number of fused-ring (bicyclic) bond motifs is 2. The molecule has 0 bridgehead atoms. The van der Waals surface area contributed by atoms with Crippen LogP contribution in [0.15, 0.2) is 67.5 Å². The minimum atomic E-state index is 0.666. The number of nitrogens with one attached hydrogen (secondary N) is 2. The molecule has 0 unspecified atom stereocenters. The van der Waals surface area contributed by atoms with Crippen molar-refractivity contribution < 1.29 is 0 Å². The number of likely N-dealkylation sites (tertiary alicyclic amines) is 1. The average Bonchev–Trinajstić information content (AvgIpc) is 3.68. The Bertz CT molecular complexity index is 1680. The number of nitrogens with zero attached hydrogens (tertiary/aromatic N) is 7. The van der Waals surface area contributed by atoms with E-state index in [9.17, 15) is 0 Å². The van der Waals surface area contributed by atoms with Gasteiger partial charge in [0, 0.05) is 47.8 Å². The van der Waals surface area contributed by atoms with Crippen molar-refractivity contribution in [1.29, 1.82) is 0 Å². The fraction of sp³-hybridized carbons (Fsp3) is 0.185. The molecule has 1 fully saturated rings. The van der Waals surface area contributed by atoms with Gasteiger partial charge in [0.1, 0.15) is 11.2 Å². The molecule has 1 aliphatic rings. The summed E-state index contributed by atoms with van der Waals surface area (Å²) in [6.45, 7) is 3.23. The van der Waals surface area contributed by atoms with E-state index in [1.165, 1.54) is 18.4 Å². The summed E-state index contributed by atoms with van der Waals surface area (Å²) >= 11 is 0. The molecule has 1 saturated heterocycles. The van der Waals surface area contributed by atoms with E-state index >= 15 is 0 Å². The first-order valence-electron chi connectivity index (χ1n) is 12.1. The quantitative estimate of drug-likeness (QED) is 0.376. The van der Waals surface area contributed by atoms with E-state index in [0.29, 0.717) is 5.82 Å². The molecular weight excluding hydrogens is 450 g/mol. The van der Waals surface area contributed by atoms with Crippen molar-refractivity contribution in [2.45, 2.75) is 19.4 Å². The highest BCUT2D eigenvalue weighted by Gasteiger charge is 2.17. The number of pyridine rings is 4. The number of aromatic amines is 2. The molecule has 176 valence electrons. The van der Waals surface area contributed by atoms with E-state index in [1.807, 2.05) is 36.8 Å². The van der Waals surface area contributed by atoms with Gasteiger partial charge in [-0.3, -0.25) is 29.9 Å². The average molecular weight is 474 g/mol. The maximum atomic E-state index is 4.90. The van der Waals surface area contributed by atoms with Gasteiger partial charge in [-0.1, -0.05) is 6.07 Å². The number of hydrogen-bond donors (Lipinski definition) is 2. The molecule has 0 atom stereocenters. The molecular formula is C27H23N9. The molecule has 1 aliphatic heterocycles. The van der Waals surface area contributed by atoms with Crippen LogP contribution >= 0.6 is 0 Å². The molecule has 36 heavy (non-hydrogen) atoms. The van der Waals surface area contributed by atoms with Crippen LogP contribution in [0.25, 0.3) is 56.0 Å². The number of hydrogen-bond acceptors (Lipinski definition) is 7. The van der Waals surface area contributed by atoms with Crippen LogP contribution in [0.4, 0.5) is 0 Å². The molecule has 9 heteroatoms. The topological polar surface area (TPSA) is 112 Å². The summed E-state index contributed by atoms with van der Waals surface area (Å²) in [5.74, 6) is 0.666. The fourth-order valence-electron chi connectivity index (χ4n) is 4.92. The number of H-pyrrole nitrogens is 2. The Balaban J connectivity index is 1.28. The number of aromatic nitrogens is 8. The lowest BCUT2D eigenvalue weighted by molar-refractivity contribution is 0.331. The van der Waals surface area contributed by atoms with Crippen LogP contribution < -0.4 is 0 Å². The lowest BCUT2D eigenvalue weighted by Crippen LogP contribution is -2.18. The zero-order valence-corrected chi connectivity index (χ0v) is 19.5. The smallest absolute Gasteiger partial charge is 0.159 e. The molecule has 0 aliphatic carbocycles. The maximum Gasteiger partial charge on any atom is 0.159 e. The van der Waals surface area contributed by atoms with Crippen molar-refractivity contribution in [2.24, 2.45) is 0 Å². The van der Waals surface area contributed by atoms with Crippen molar-refractivity contribution >= 4 is 21.9 Å². The predicted molar refractivity (Wildman–Crippen MR) is 138 cm³/mol. The highest BCUT2D eigenvalue weighted by atomic mass is 15.1. The molecule has 6 aromatic heterocycles. The van der Waals surface area contributed by atoms with Crippen molar-refractivity contribution in [2.75, 3.05) is 13.1 Å². The van der Waals surface area contributed by atoms with Crippen molar-refractivity contribution in [1.82, 2.24) is 45.0 Å². The van der Waals surface area contributed by atoms with Gasteiger partial charge >= 0.3 is 0 Å². The van der Waals surface area contributed by atoms with Crippen LogP contribution in [-0.4, -0.2) is 58.1 Å². The lowest BCUT2D eigenvalue weighted by atomic mass is 10.1. The molecule has 7 heterocycles. The van der Waals surface area contributed by atoms with Crippen molar-refractivity contribution in [3.8, 4) is 34.0 Å². The van der Waals surface area contributed by atoms with E-state index in [2.05, 4.69) is 52.1 Å². The summed E-state index contributed by atoms with van der Waals surface area (Å²) in [6.07, 6.45) is 13.5. The molecule has 0 aromatic carbocycles. The maximum absolute atomic E-state index is 4.90. The summed E-state index contributed by atoms with van der Waals surface area (Å²) in [5, 5.41) is 8.60. The predicted octanol–water partition coefficient (Wildman–Crippen LogP) is 4.62. The first-order valence-corrected chi connectivity index (χ1v) is 12.1. The first-order chi connectivity index (χ1) is 17.8. The SMILES string of the molecule is c1ccc(-c2cncc3[nH]c(-c4n[nH]c5cnc(-c6cncc(CN7CCCC7)c6)cc45)nc23)nc1. The molecule has 0 radical (unpaired) electrons. The lowest BCUT2D eigenvalue weighted by Gasteiger charge is -2.14. The van der Waals surface area contributed by atoms with E-state index in [-0.39, 0.29) is 0 Å². The van der Waals surface area contributed by atoms with Crippen molar-refractivity contribution in [3.05, 3.63) is 73.1 Å². The van der Waals surface area contributed by atoms with Crippen LogP contribution in [0, 0.1) is 0 Å². The van der Waals surface area contributed by atoms with Gasteiger partial charge in [-0.2, -0.15) is 5.10 Å². The van der Waals surface area contributed by atoms with Gasteiger partial charge in [0.05, 0.1) is 34.8 Å². The normalized spacial score (nSPS) is 14.2. The van der Waals surface area contributed by atoms with Gasteiger partial charge in [0.25, 0.3) is 0 Å². The third-order valence-corrected chi connectivity index (χ3v) is 6.70. The molecule has 9 nitrogen and oxygen atoms in total. The van der Waals surface area contributed by atoms with E-state index < -0.39 is 0 Å². The Labute approximate surface area is 206 Å². The highest BCUT2D eigenvalue weighted by molar-refractivity contribution is 5.97. The first kappa shape index (κ1) is 20.8. The third-order valence-electron chi connectivity index (χ3n) is 6.70. The summed E-state index contributed by atoms with van der Waals surface area (Å²) in [6, 6.07) is 10.0. The molecule has 2 N–H and O–H groups in total. The Morgan fingerprint density at radius 2 is 1.78 bits per heavy atom. The van der Waals surface area contributed by atoms with Gasteiger partial charge in [0.15, 0.2) is 5.82 Å². The third kappa shape index (κ3) is 3.70. The highest BCUT2D eigenvalue weighted by Crippen LogP contribution is 2.31. The molecule has 6 aromatic rings. The number of rotatable bonds is 5. The van der Waals surface area contributed by atoms with Gasteiger partial charge in [-0.15, -0.1) is 0 Å². The molecule has 0 spiro atoms. The largest absolute Gasteiger partial charge is 0.335 e. The Hall–Kier alpha value is -4.50. The van der Waals surface area contributed by atoms with Gasteiger partial charge in [0.2, 0.25) is 0 Å². The second-order valence-corrected chi connectivity index (χ2v) is 9.14.